The van der Waals surface area contributed by atoms with Crippen molar-refractivity contribution in [2.45, 2.75) is 26.8 Å². The van der Waals surface area contributed by atoms with Crippen LogP contribution >= 0.6 is 11.6 Å². The maximum absolute atomic E-state index is 12.7. The van der Waals surface area contributed by atoms with Crippen LogP contribution in [0.5, 0.6) is 0 Å². The number of halogens is 1. The molecule has 0 saturated carbocycles. The van der Waals surface area contributed by atoms with E-state index < -0.39 is 5.41 Å². The number of nitrogens with zero attached hydrogens (tertiary/aromatic N) is 3. The third-order valence-electron chi connectivity index (χ3n) is 6.26. The van der Waals surface area contributed by atoms with Gasteiger partial charge in [0, 0.05) is 56.1 Å². The third-order valence-corrected chi connectivity index (χ3v) is 6.56. The number of carbonyl (C=O) groups is 2. The van der Waals surface area contributed by atoms with Gasteiger partial charge in [0.05, 0.1) is 16.8 Å². The largest absolute Gasteiger partial charge is 0.368 e. The van der Waals surface area contributed by atoms with Crippen LogP contribution in [0.4, 0.5) is 11.4 Å². The lowest BCUT2D eigenvalue weighted by Gasteiger charge is -2.40. The van der Waals surface area contributed by atoms with E-state index in [1.54, 1.807) is 11.9 Å². The van der Waals surface area contributed by atoms with Gasteiger partial charge in [-0.25, -0.2) is 0 Å². The first-order valence-electron chi connectivity index (χ1n) is 11.3. The molecule has 6 nitrogen and oxygen atoms in total. The predicted octanol–water partition coefficient (Wildman–Crippen LogP) is 4.79. The molecule has 33 heavy (non-hydrogen) atoms. The van der Waals surface area contributed by atoms with Gasteiger partial charge in [0.15, 0.2) is 0 Å². The highest BCUT2D eigenvalue weighted by Crippen LogP contribution is 2.33. The Morgan fingerprint density at radius 3 is 2.42 bits per heavy atom. The highest BCUT2D eigenvalue weighted by molar-refractivity contribution is 6.33. The minimum atomic E-state index is -0.466. The van der Waals surface area contributed by atoms with Crippen molar-refractivity contribution in [3.63, 3.8) is 0 Å². The molecule has 2 aromatic rings. The summed E-state index contributed by atoms with van der Waals surface area (Å²) in [4.78, 5) is 31.3. The summed E-state index contributed by atoms with van der Waals surface area (Å²) >= 11 is 6.61. The maximum atomic E-state index is 12.7. The second-order valence-corrected chi connectivity index (χ2v) is 10.1. The number of nitrogens with one attached hydrogen (secondary N) is 1. The van der Waals surface area contributed by atoms with Crippen LogP contribution in [0.15, 0.2) is 54.7 Å². The van der Waals surface area contributed by atoms with Crippen LogP contribution in [0, 0.1) is 5.41 Å². The van der Waals surface area contributed by atoms with Gasteiger partial charge in [-0.05, 0) is 35.9 Å². The molecular weight excluding hydrogens is 436 g/mol. The summed E-state index contributed by atoms with van der Waals surface area (Å²) in [5, 5.41) is 3.56. The fourth-order valence-corrected chi connectivity index (χ4v) is 4.54. The predicted molar refractivity (Wildman–Crippen MR) is 134 cm³/mol. The molecule has 2 heterocycles. The lowest BCUT2D eigenvalue weighted by atomic mass is 9.95. The van der Waals surface area contributed by atoms with E-state index in [1.165, 1.54) is 0 Å². The van der Waals surface area contributed by atoms with E-state index in [4.69, 9.17) is 11.6 Å². The Balaban J connectivity index is 1.46. The van der Waals surface area contributed by atoms with Crippen LogP contribution in [0.3, 0.4) is 0 Å². The quantitative estimate of drug-likeness (QED) is 0.706. The second-order valence-electron chi connectivity index (χ2n) is 9.68. The van der Waals surface area contributed by atoms with Crippen molar-refractivity contribution in [2.24, 2.45) is 5.41 Å². The minimum Gasteiger partial charge on any atom is -0.368 e. The Morgan fingerprint density at radius 2 is 1.76 bits per heavy atom. The van der Waals surface area contributed by atoms with E-state index in [1.807, 2.05) is 63.4 Å². The molecule has 1 atom stereocenters. The first-order chi connectivity index (χ1) is 15.6. The van der Waals surface area contributed by atoms with E-state index >= 15 is 0 Å². The number of rotatable bonds is 3. The van der Waals surface area contributed by atoms with Crippen molar-refractivity contribution in [3.8, 4) is 0 Å². The third kappa shape index (κ3) is 4.92. The van der Waals surface area contributed by atoms with Gasteiger partial charge in [-0.2, -0.15) is 0 Å². The zero-order valence-electron chi connectivity index (χ0n) is 19.6. The second kappa shape index (κ2) is 9.20. The summed E-state index contributed by atoms with van der Waals surface area (Å²) in [5.41, 5.74) is 3.02. The van der Waals surface area contributed by atoms with Crippen LogP contribution in [0.25, 0.3) is 0 Å². The van der Waals surface area contributed by atoms with Crippen molar-refractivity contribution in [2.75, 3.05) is 43.4 Å². The topological polar surface area (TPSA) is 55.9 Å². The van der Waals surface area contributed by atoms with Gasteiger partial charge >= 0.3 is 0 Å². The number of hydrogen-bond acceptors (Lipinski definition) is 4. The number of benzene rings is 2. The normalized spacial score (nSPS) is 19.3. The van der Waals surface area contributed by atoms with Gasteiger partial charge in [-0.1, -0.05) is 50.6 Å². The lowest BCUT2D eigenvalue weighted by Crippen LogP contribution is -2.47. The molecule has 4 rings (SSSR count). The average Bonchev–Trinajstić information content (AvgIpc) is 2.90. The Morgan fingerprint density at radius 1 is 1.06 bits per heavy atom. The zero-order chi connectivity index (χ0) is 23.8. The molecule has 2 aliphatic heterocycles. The van der Waals surface area contributed by atoms with Crippen LogP contribution in [-0.2, 0) is 4.79 Å². The molecule has 0 spiro atoms. The van der Waals surface area contributed by atoms with Crippen LogP contribution in [-0.4, -0.2) is 54.8 Å². The van der Waals surface area contributed by atoms with Crippen molar-refractivity contribution in [1.82, 2.24) is 9.80 Å². The maximum Gasteiger partial charge on any atom is 0.257 e. The Bertz CT molecular complexity index is 1080. The number of anilines is 2. The van der Waals surface area contributed by atoms with Crippen molar-refractivity contribution < 1.29 is 9.59 Å². The molecule has 174 valence electrons. The first-order valence-corrected chi connectivity index (χ1v) is 11.7. The van der Waals surface area contributed by atoms with Gasteiger partial charge in [-0.15, -0.1) is 0 Å². The summed E-state index contributed by atoms with van der Waals surface area (Å²) in [6, 6.07) is 13.6. The smallest absolute Gasteiger partial charge is 0.257 e. The van der Waals surface area contributed by atoms with Gasteiger partial charge in [0.2, 0.25) is 5.91 Å². The monoisotopic (exact) mass is 466 g/mol. The number of fused-ring (bicyclic) bond motifs is 1. The van der Waals surface area contributed by atoms with Gasteiger partial charge in [-0.3, -0.25) is 14.5 Å². The molecule has 0 aliphatic carbocycles. The van der Waals surface area contributed by atoms with Crippen LogP contribution in [0.1, 0.15) is 42.7 Å². The molecule has 0 radical (unpaired) electrons. The molecule has 0 bridgehead atoms. The van der Waals surface area contributed by atoms with Gasteiger partial charge in [0.25, 0.3) is 5.91 Å². The van der Waals surface area contributed by atoms with E-state index in [9.17, 15) is 9.59 Å². The van der Waals surface area contributed by atoms with E-state index in [-0.39, 0.29) is 17.9 Å². The molecular formula is C26H31ClN4O2. The molecule has 2 aliphatic rings. The Labute approximate surface area is 200 Å². The standard InChI is InChI=1S/C26H31ClN4O2/c1-26(2,3)25(33)28-18-9-10-23(21(27)17-18)31-15-13-30(14-16-31)22-11-12-29(4)24(32)20-8-6-5-7-19(20)22/h5-12,17,22H,13-16H2,1-4H3,(H,28,33). The molecule has 2 amide bonds. The molecule has 1 N–H and O–H groups in total. The summed E-state index contributed by atoms with van der Waals surface area (Å²) in [5.74, 6) is -0.0193. The van der Waals surface area contributed by atoms with Crippen molar-refractivity contribution in [3.05, 3.63) is 70.9 Å². The Kier molecular flexibility index (Phi) is 6.50. The highest BCUT2D eigenvalue weighted by atomic mass is 35.5. The van der Waals surface area contributed by atoms with Gasteiger partial charge < -0.3 is 15.1 Å². The lowest BCUT2D eigenvalue weighted by molar-refractivity contribution is -0.123. The fraction of sp³-hybridized carbons (Fsp3) is 0.385. The molecule has 1 fully saturated rings. The zero-order valence-corrected chi connectivity index (χ0v) is 20.4. The van der Waals surface area contributed by atoms with Crippen LogP contribution in [0.2, 0.25) is 5.02 Å². The fourth-order valence-electron chi connectivity index (χ4n) is 4.24. The first kappa shape index (κ1) is 23.3. The number of piperazine rings is 1. The van der Waals surface area contributed by atoms with E-state index in [0.29, 0.717) is 10.7 Å². The van der Waals surface area contributed by atoms with E-state index in [0.717, 1.165) is 43.0 Å². The number of carbonyl (C=O) groups excluding carboxylic acids is 2. The van der Waals surface area contributed by atoms with Crippen molar-refractivity contribution >= 4 is 34.8 Å². The Hall–Kier alpha value is -2.83. The number of amides is 2. The minimum absolute atomic E-state index is 0.0217. The van der Waals surface area contributed by atoms with Gasteiger partial charge in [0.1, 0.15) is 0 Å². The van der Waals surface area contributed by atoms with E-state index in [2.05, 4.69) is 27.3 Å². The highest BCUT2D eigenvalue weighted by Gasteiger charge is 2.29. The average molecular weight is 467 g/mol. The molecule has 0 aromatic heterocycles. The molecule has 2 aromatic carbocycles. The van der Waals surface area contributed by atoms with Crippen molar-refractivity contribution in [1.29, 1.82) is 0 Å². The summed E-state index contributed by atoms with van der Waals surface area (Å²) in [6.07, 6.45) is 3.99. The molecule has 1 unspecified atom stereocenters. The summed E-state index contributed by atoms with van der Waals surface area (Å²) in [6.45, 7) is 8.99. The number of hydrogen-bond donors (Lipinski definition) is 1. The summed E-state index contributed by atoms with van der Waals surface area (Å²) in [7, 11) is 1.80. The van der Waals surface area contributed by atoms with Crippen LogP contribution < -0.4 is 10.2 Å². The SMILES string of the molecule is CN1C=CC(N2CCN(c3ccc(NC(=O)C(C)(C)C)cc3Cl)CC2)c2ccccc2C1=O. The molecule has 1 saturated heterocycles. The molecule has 7 heteroatoms. The summed E-state index contributed by atoms with van der Waals surface area (Å²) < 4.78 is 0.